The van der Waals surface area contributed by atoms with Crippen molar-refractivity contribution in [2.75, 3.05) is 12.3 Å². The molecule has 0 aliphatic heterocycles. The first kappa shape index (κ1) is 17.9. The van der Waals surface area contributed by atoms with Gasteiger partial charge in [-0.1, -0.05) is 0 Å². The molecule has 0 heterocycles. The van der Waals surface area contributed by atoms with Crippen molar-refractivity contribution in [2.24, 2.45) is 0 Å². The summed E-state index contributed by atoms with van der Waals surface area (Å²) in [4.78, 5) is 0. The Balaban J connectivity index is 2.85. The van der Waals surface area contributed by atoms with Gasteiger partial charge >= 0.3 is 113 Å². The minimum atomic E-state index is 0.368. The van der Waals surface area contributed by atoms with Crippen LogP contribution in [0.3, 0.4) is 0 Å². The summed E-state index contributed by atoms with van der Waals surface area (Å²) < 4.78 is 0. The molecular weight excluding hydrogens is 242 g/mol. The first-order valence-electron chi connectivity index (χ1n) is 8.12. The predicted octanol–water partition coefficient (Wildman–Crippen LogP) is 6.05. The average molecular weight is 278 g/mol. The number of hydrogen-bond donors (Lipinski definition) is 0. The third-order valence-corrected chi connectivity index (χ3v) is 8.51. The van der Waals surface area contributed by atoms with E-state index in [2.05, 4.69) is 13.8 Å². The quantitative estimate of drug-likeness (QED) is 0.268. The molecular formula is C15H36P2. The summed E-state index contributed by atoms with van der Waals surface area (Å²) in [5.74, 6) is 0. The van der Waals surface area contributed by atoms with E-state index in [1.54, 1.807) is 12.3 Å². The second-order valence-electron chi connectivity index (χ2n) is 5.29. The Kier molecular flexibility index (Phi) is 17.7. The summed E-state index contributed by atoms with van der Waals surface area (Å²) in [6, 6.07) is 0. The van der Waals surface area contributed by atoms with Crippen molar-refractivity contribution in [3.05, 3.63) is 0 Å². The van der Waals surface area contributed by atoms with Crippen LogP contribution in [0.15, 0.2) is 0 Å². The Bertz CT molecular complexity index is 112. The standard InChI is InChI=1S/C15H36P2/c1-3-5-7-8-9-10-11-13-15-17-16-14-12-6-4-2/h17H,3-15H2,1-2,16H3. The molecule has 0 aliphatic rings. The average Bonchev–Trinajstić information content (AvgIpc) is 2.35. The van der Waals surface area contributed by atoms with E-state index >= 15 is 0 Å². The zero-order chi connectivity index (χ0) is 12.6. The van der Waals surface area contributed by atoms with Gasteiger partial charge < -0.3 is 0 Å². The van der Waals surface area contributed by atoms with E-state index in [1.165, 1.54) is 78.9 Å². The van der Waals surface area contributed by atoms with Crippen molar-refractivity contribution in [3.63, 3.8) is 0 Å². The molecule has 0 aromatic rings. The van der Waals surface area contributed by atoms with E-state index in [1.807, 2.05) is 0 Å². The third-order valence-electron chi connectivity index (χ3n) is 3.41. The molecule has 0 aliphatic carbocycles. The molecule has 0 amide bonds. The summed E-state index contributed by atoms with van der Waals surface area (Å²) in [6.45, 7) is 4.61. The minimum absolute atomic E-state index is 0.368. The summed E-state index contributed by atoms with van der Waals surface area (Å²) >= 11 is 0. The van der Waals surface area contributed by atoms with E-state index in [9.17, 15) is 0 Å². The second-order valence-corrected chi connectivity index (χ2v) is 10.5. The van der Waals surface area contributed by atoms with Crippen LogP contribution in [0.2, 0.25) is 0 Å². The molecule has 106 valence electrons. The van der Waals surface area contributed by atoms with E-state index in [0.29, 0.717) is 8.27 Å². The van der Waals surface area contributed by atoms with Gasteiger partial charge in [0, 0.05) is 0 Å². The zero-order valence-electron chi connectivity index (χ0n) is 12.4. The van der Waals surface area contributed by atoms with Crippen LogP contribution in [0.5, 0.6) is 0 Å². The van der Waals surface area contributed by atoms with E-state index in [-0.39, 0.29) is 0 Å². The normalized spacial score (nSPS) is 11.9. The van der Waals surface area contributed by atoms with Gasteiger partial charge in [-0.3, -0.25) is 0 Å². The molecule has 0 fully saturated rings. The van der Waals surface area contributed by atoms with E-state index in [4.69, 9.17) is 0 Å². The summed E-state index contributed by atoms with van der Waals surface area (Å²) in [6.07, 6.45) is 19.5. The topological polar surface area (TPSA) is 0 Å². The van der Waals surface area contributed by atoms with Crippen LogP contribution in [0.1, 0.15) is 84.5 Å². The van der Waals surface area contributed by atoms with Gasteiger partial charge in [-0.15, -0.1) is 0 Å². The van der Waals surface area contributed by atoms with Gasteiger partial charge in [0.1, 0.15) is 0 Å². The van der Waals surface area contributed by atoms with Gasteiger partial charge in [-0.2, -0.15) is 0 Å². The number of unbranched alkanes of at least 4 members (excludes halogenated alkanes) is 9. The molecule has 2 heteroatoms. The molecule has 0 bridgehead atoms. The third kappa shape index (κ3) is 16.9. The molecule has 1 unspecified atom stereocenters. The first-order chi connectivity index (χ1) is 8.41. The maximum absolute atomic E-state index is 2.31. The van der Waals surface area contributed by atoms with Crippen LogP contribution in [-0.4, -0.2) is 12.3 Å². The molecule has 0 saturated heterocycles. The van der Waals surface area contributed by atoms with Crippen LogP contribution in [0.4, 0.5) is 0 Å². The van der Waals surface area contributed by atoms with Crippen LogP contribution in [0.25, 0.3) is 0 Å². The van der Waals surface area contributed by atoms with E-state index < -0.39 is 0 Å². The molecule has 17 heavy (non-hydrogen) atoms. The maximum atomic E-state index is 2.31. The van der Waals surface area contributed by atoms with Crippen molar-refractivity contribution < 1.29 is 0 Å². The SMILES string of the molecule is CCCCCCCCCCP[PH3]CCCCC. The van der Waals surface area contributed by atoms with Crippen molar-refractivity contribution in [3.8, 4) is 0 Å². The zero-order valence-corrected chi connectivity index (χ0v) is 14.8. The Morgan fingerprint density at radius 3 is 1.82 bits per heavy atom. The van der Waals surface area contributed by atoms with Crippen LogP contribution >= 0.6 is 16.5 Å². The predicted molar refractivity (Wildman–Crippen MR) is 91.3 cm³/mol. The van der Waals surface area contributed by atoms with Crippen molar-refractivity contribution in [1.29, 1.82) is 0 Å². The van der Waals surface area contributed by atoms with Crippen LogP contribution in [-0.2, 0) is 0 Å². The molecule has 0 spiro atoms. The summed E-state index contributed by atoms with van der Waals surface area (Å²) in [5.41, 5.74) is 0. The molecule has 1 atom stereocenters. The van der Waals surface area contributed by atoms with E-state index in [0.717, 1.165) is 0 Å². The fourth-order valence-electron chi connectivity index (χ4n) is 2.19. The van der Waals surface area contributed by atoms with Crippen LogP contribution in [0, 0.1) is 0 Å². The second kappa shape index (κ2) is 16.9. The van der Waals surface area contributed by atoms with Gasteiger partial charge in [0.25, 0.3) is 0 Å². The molecule has 0 saturated carbocycles. The Morgan fingerprint density at radius 2 is 1.18 bits per heavy atom. The monoisotopic (exact) mass is 278 g/mol. The van der Waals surface area contributed by atoms with Crippen molar-refractivity contribution >= 4 is 16.5 Å². The molecule has 0 nitrogen and oxygen atoms in total. The van der Waals surface area contributed by atoms with Gasteiger partial charge in [0.05, 0.1) is 0 Å². The number of rotatable bonds is 14. The fourth-order valence-corrected chi connectivity index (χ4v) is 6.79. The molecule has 0 aromatic carbocycles. The molecule has 0 rings (SSSR count). The first-order valence-corrected chi connectivity index (χ1v) is 12.7. The summed E-state index contributed by atoms with van der Waals surface area (Å²) in [5, 5.41) is 0. The Labute approximate surface area is 114 Å². The number of hydrogen-bond acceptors (Lipinski definition) is 0. The van der Waals surface area contributed by atoms with Gasteiger partial charge in [0.15, 0.2) is 0 Å². The Hall–Kier alpha value is 0.860. The van der Waals surface area contributed by atoms with Gasteiger partial charge in [-0.05, 0) is 0 Å². The fraction of sp³-hybridized carbons (Fsp3) is 1.00. The Morgan fingerprint density at radius 1 is 0.647 bits per heavy atom. The van der Waals surface area contributed by atoms with Crippen LogP contribution < -0.4 is 0 Å². The summed E-state index contributed by atoms with van der Waals surface area (Å²) in [7, 11) is 1.76. The van der Waals surface area contributed by atoms with Crippen molar-refractivity contribution in [2.45, 2.75) is 84.5 Å². The van der Waals surface area contributed by atoms with Crippen molar-refractivity contribution in [1.82, 2.24) is 0 Å². The van der Waals surface area contributed by atoms with Gasteiger partial charge in [-0.25, -0.2) is 0 Å². The van der Waals surface area contributed by atoms with Gasteiger partial charge in [0.2, 0.25) is 0 Å². The molecule has 0 N–H and O–H groups in total. The molecule has 0 aromatic heterocycles. The molecule has 0 radical (unpaired) electrons.